The molecule has 5 nitrogen and oxygen atoms in total. The van der Waals surface area contributed by atoms with Crippen LogP contribution >= 0.6 is 0 Å². The van der Waals surface area contributed by atoms with E-state index in [0.29, 0.717) is 6.54 Å². The topological polar surface area (TPSA) is 52.7 Å². The third-order valence-electron chi connectivity index (χ3n) is 4.53. The largest absolute Gasteiger partial charge is 0.335 e. The van der Waals surface area contributed by atoms with E-state index in [1.807, 2.05) is 44.0 Å². The van der Waals surface area contributed by atoms with E-state index in [1.165, 1.54) is 10.5 Å². The zero-order valence-electron chi connectivity index (χ0n) is 16.9. The van der Waals surface area contributed by atoms with Gasteiger partial charge in [-0.05, 0) is 44.5 Å². The number of para-hydroxylation sites is 1. The number of aryl methyl sites for hydroxylation is 3. The molecule has 144 valence electrons. The van der Waals surface area contributed by atoms with Crippen LogP contribution in [0.2, 0.25) is 0 Å². The summed E-state index contributed by atoms with van der Waals surface area (Å²) in [6.45, 7) is 6.95. The van der Waals surface area contributed by atoms with Crippen LogP contribution in [0.25, 0.3) is 0 Å². The summed E-state index contributed by atoms with van der Waals surface area (Å²) < 4.78 is 0. The second-order valence-corrected chi connectivity index (χ2v) is 7.22. The molecule has 0 aliphatic carbocycles. The molecule has 0 unspecified atom stereocenters. The molecule has 0 atom stereocenters. The van der Waals surface area contributed by atoms with Crippen LogP contribution < -0.4 is 5.32 Å². The molecule has 0 aliphatic heterocycles. The fraction of sp³-hybridized carbons (Fsp3) is 0.364. The molecule has 27 heavy (non-hydrogen) atoms. The van der Waals surface area contributed by atoms with Crippen molar-refractivity contribution in [2.75, 3.05) is 32.5 Å². The van der Waals surface area contributed by atoms with E-state index in [1.54, 1.807) is 7.05 Å². The molecule has 0 aromatic heterocycles. The molecule has 0 bridgehead atoms. The number of anilines is 1. The van der Waals surface area contributed by atoms with Crippen LogP contribution in [0, 0.1) is 20.8 Å². The first kappa shape index (κ1) is 20.6. The predicted octanol–water partition coefficient (Wildman–Crippen LogP) is 3.14. The molecule has 0 saturated heterocycles. The second-order valence-electron chi connectivity index (χ2n) is 7.22. The number of carbonyl (C=O) groups is 2. The molecule has 2 aromatic rings. The summed E-state index contributed by atoms with van der Waals surface area (Å²) in [5.41, 5.74) is 5.21. The standard InChI is InChI=1S/C22H29N3O2/c1-16-9-11-19(12-10-16)13-24(4)15-21(27)25(5)14-20(26)23-22-17(2)7-6-8-18(22)3/h6-12H,13-15H2,1-5H3,(H,23,26). The molecule has 0 fully saturated rings. The molecule has 0 radical (unpaired) electrons. The smallest absolute Gasteiger partial charge is 0.243 e. The van der Waals surface area contributed by atoms with Gasteiger partial charge in [-0.15, -0.1) is 0 Å². The molecule has 1 N–H and O–H groups in total. The number of carbonyl (C=O) groups excluding carboxylic acids is 2. The van der Waals surface area contributed by atoms with Crippen molar-refractivity contribution in [1.29, 1.82) is 0 Å². The SMILES string of the molecule is Cc1ccc(CN(C)CC(=O)N(C)CC(=O)Nc2c(C)cccc2C)cc1. The Bertz CT molecular complexity index is 779. The summed E-state index contributed by atoms with van der Waals surface area (Å²) in [6, 6.07) is 14.1. The molecular weight excluding hydrogens is 338 g/mol. The number of nitrogens with zero attached hydrogens (tertiary/aromatic N) is 2. The molecule has 5 heteroatoms. The Balaban J connectivity index is 1.85. The Morgan fingerprint density at radius 2 is 1.48 bits per heavy atom. The summed E-state index contributed by atoms with van der Waals surface area (Å²) in [5, 5.41) is 2.92. The van der Waals surface area contributed by atoms with E-state index in [-0.39, 0.29) is 24.9 Å². The molecule has 0 aliphatic rings. The van der Waals surface area contributed by atoms with Crippen molar-refractivity contribution in [2.45, 2.75) is 27.3 Å². The quantitative estimate of drug-likeness (QED) is 0.818. The third-order valence-corrected chi connectivity index (χ3v) is 4.53. The van der Waals surface area contributed by atoms with Gasteiger partial charge in [0.05, 0.1) is 13.1 Å². The number of hydrogen-bond acceptors (Lipinski definition) is 3. The summed E-state index contributed by atoms with van der Waals surface area (Å²) in [7, 11) is 3.56. The number of rotatable bonds is 7. The van der Waals surface area contributed by atoms with E-state index in [4.69, 9.17) is 0 Å². The van der Waals surface area contributed by atoms with Gasteiger partial charge in [0.2, 0.25) is 11.8 Å². The summed E-state index contributed by atoms with van der Waals surface area (Å²) in [5.74, 6) is -0.272. The van der Waals surface area contributed by atoms with Crippen LogP contribution in [0.3, 0.4) is 0 Å². The van der Waals surface area contributed by atoms with E-state index in [0.717, 1.165) is 22.4 Å². The summed E-state index contributed by atoms with van der Waals surface area (Å²) in [4.78, 5) is 28.2. The van der Waals surface area contributed by atoms with Crippen LogP contribution in [0.15, 0.2) is 42.5 Å². The minimum atomic E-state index is -0.190. The maximum Gasteiger partial charge on any atom is 0.243 e. The van der Waals surface area contributed by atoms with Crippen molar-refractivity contribution in [3.8, 4) is 0 Å². The molecule has 0 spiro atoms. The maximum atomic E-state index is 12.4. The lowest BCUT2D eigenvalue weighted by molar-refractivity contribution is -0.134. The van der Waals surface area contributed by atoms with E-state index in [2.05, 4.69) is 36.5 Å². The zero-order chi connectivity index (χ0) is 20.0. The molecule has 2 amide bonds. The Hall–Kier alpha value is -2.66. The van der Waals surface area contributed by atoms with Gasteiger partial charge in [0.15, 0.2) is 0 Å². The van der Waals surface area contributed by atoms with Gasteiger partial charge in [0.25, 0.3) is 0 Å². The van der Waals surface area contributed by atoms with Gasteiger partial charge in [-0.2, -0.15) is 0 Å². The third kappa shape index (κ3) is 6.22. The molecule has 2 aromatic carbocycles. The summed E-state index contributed by atoms with van der Waals surface area (Å²) >= 11 is 0. The van der Waals surface area contributed by atoms with Gasteiger partial charge in [-0.25, -0.2) is 0 Å². The minimum Gasteiger partial charge on any atom is -0.335 e. The predicted molar refractivity (Wildman–Crippen MR) is 110 cm³/mol. The number of nitrogens with one attached hydrogen (secondary N) is 1. The van der Waals surface area contributed by atoms with Crippen LogP contribution in [0.1, 0.15) is 22.3 Å². The normalized spacial score (nSPS) is 10.7. The maximum absolute atomic E-state index is 12.4. The molecule has 0 saturated carbocycles. The minimum absolute atomic E-state index is 0.0327. The fourth-order valence-corrected chi connectivity index (χ4v) is 2.91. The highest BCUT2D eigenvalue weighted by atomic mass is 16.2. The highest BCUT2D eigenvalue weighted by Gasteiger charge is 2.16. The first-order valence-corrected chi connectivity index (χ1v) is 9.10. The van der Waals surface area contributed by atoms with E-state index in [9.17, 15) is 9.59 Å². The Morgan fingerprint density at radius 1 is 0.889 bits per heavy atom. The van der Waals surface area contributed by atoms with Gasteiger partial charge in [-0.1, -0.05) is 48.0 Å². The van der Waals surface area contributed by atoms with Crippen molar-refractivity contribution in [3.05, 3.63) is 64.7 Å². The number of hydrogen-bond donors (Lipinski definition) is 1. The zero-order valence-corrected chi connectivity index (χ0v) is 16.9. The van der Waals surface area contributed by atoms with Crippen molar-refractivity contribution in [3.63, 3.8) is 0 Å². The number of benzene rings is 2. The van der Waals surface area contributed by atoms with Crippen molar-refractivity contribution in [1.82, 2.24) is 9.80 Å². The fourth-order valence-electron chi connectivity index (χ4n) is 2.91. The Labute approximate surface area is 162 Å². The van der Waals surface area contributed by atoms with E-state index < -0.39 is 0 Å². The lowest BCUT2D eigenvalue weighted by Gasteiger charge is -2.22. The van der Waals surface area contributed by atoms with Crippen LogP contribution in [-0.2, 0) is 16.1 Å². The first-order chi connectivity index (χ1) is 12.8. The van der Waals surface area contributed by atoms with Gasteiger partial charge >= 0.3 is 0 Å². The van der Waals surface area contributed by atoms with Gasteiger partial charge < -0.3 is 10.2 Å². The van der Waals surface area contributed by atoms with Crippen molar-refractivity contribution in [2.24, 2.45) is 0 Å². The monoisotopic (exact) mass is 367 g/mol. The lowest BCUT2D eigenvalue weighted by Crippen LogP contribution is -2.40. The summed E-state index contributed by atoms with van der Waals surface area (Å²) in [6.07, 6.45) is 0. The Morgan fingerprint density at radius 3 is 2.07 bits per heavy atom. The van der Waals surface area contributed by atoms with Crippen LogP contribution in [0.4, 0.5) is 5.69 Å². The van der Waals surface area contributed by atoms with Crippen molar-refractivity contribution < 1.29 is 9.59 Å². The average Bonchev–Trinajstić information content (AvgIpc) is 2.60. The highest BCUT2D eigenvalue weighted by Crippen LogP contribution is 2.19. The van der Waals surface area contributed by atoms with Crippen LogP contribution in [0.5, 0.6) is 0 Å². The van der Waals surface area contributed by atoms with Gasteiger partial charge in [0.1, 0.15) is 0 Å². The first-order valence-electron chi connectivity index (χ1n) is 9.10. The lowest BCUT2D eigenvalue weighted by atomic mass is 10.1. The molecule has 2 rings (SSSR count). The van der Waals surface area contributed by atoms with E-state index >= 15 is 0 Å². The molecular formula is C22H29N3O2. The Kier molecular flexibility index (Phi) is 7.13. The number of amides is 2. The van der Waals surface area contributed by atoms with Gasteiger partial charge in [0, 0.05) is 19.3 Å². The highest BCUT2D eigenvalue weighted by molar-refractivity contribution is 5.95. The van der Waals surface area contributed by atoms with Crippen molar-refractivity contribution >= 4 is 17.5 Å². The number of likely N-dealkylation sites (N-methyl/N-ethyl adjacent to an activating group) is 2. The second kappa shape index (κ2) is 9.33. The average molecular weight is 367 g/mol. The molecule has 0 heterocycles. The van der Waals surface area contributed by atoms with Gasteiger partial charge in [-0.3, -0.25) is 14.5 Å². The van der Waals surface area contributed by atoms with Crippen LogP contribution in [-0.4, -0.2) is 48.8 Å².